The molecule has 134 valence electrons. The summed E-state index contributed by atoms with van der Waals surface area (Å²) in [7, 11) is 1.54. The Morgan fingerprint density at radius 1 is 1.35 bits per heavy atom. The molecule has 1 fully saturated rings. The van der Waals surface area contributed by atoms with Gasteiger partial charge in [-0.05, 0) is 30.0 Å². The first-order valence-corrected chi connectivity index (χ1v) is 8.58. The molecule has 1 aliphatic carbocycles. The fraction of sp³-hybridized carbons (Fsp3) is 0.333. The molecule has 1 saturated carbocycles. The molecular weight excluding hydrogens is 332 g/mol. The van der Waals surface area contributed by atoms with Crippen molar-refractivity contribution in [2.75, 3.05) is 7.05 Å². The van der Waals surface area contributed by atoms with Crippen LogP contribution in [0, 0.1) is 5.92 Å². The predicted octanol–water partition coefficient (Wildman–Crippen LogP) is 1.31. The maximum Gasteiger partial charge on any atom is 0.271 e. The Morgan fingerprint density at radius 2 is 2.15 bits per heavy atom. The minimum atomic E-state index is -0.320. The Kier molecular flexibility index (Phi) is 3.95. The molecule has 8 nitrogen and oxygen atoms in total. The molecule has 2 amide bonds. The number of hydrogen-bond donors (Lipinski definition) is 3. The zero-order valence-corrected chi connectivity index (χ0v) is 14.6. The van der Waals surface area contributed by atoms with Crippen LogP contribution >= 0.6 is 0 Å². The number of nitrogens with one attached hydrogen (secondary N) is 3. The Morgan fingerprint density at radius 3 is 2.88 bits per heavy atom. The number of amides is 2. The lowest BCUT2D eigenvalue weighted by Gasteiger charge is -2.09. The molecule has 0 radical (unpaired) electrons. The van der Waals surface area contributed by atoms with Crippen molar-refractivity contribution in [3.8, 4) is 0 Å². The molecule has 0 saturated heterocycles. The second-order valence-electron chi connectivity index (χ2n) is 6.65. The molecule has 3 heterocycles. The number of carbonyl (C=O) groups is 2. The molecule has 8 heteroatoms. The molecule has 0 aliphatic heterocycles. The topological polar surface area (TPSA) is 105 Å². The van der Waals surface area contributed by atoms with Crippen molar-refractivity contribution in [1.29, 1.82) is 0 Å². The van der Waals surface area contributed by atoms with Gasteiger partial charge in [-0.3, -0.25) is 14.3 Å². The van der Waals surface area contributed by atoms with Crippen molar-refractivity contribution in [3.63, 3.8) is 0 Å². The van der Waals surface area contributed by atoms with Gasteiger partial charge in [-0.1, -0.05) is 6.92 Å². The SMILES string of the molecule is CNC(=O)c1cc(C(=O)NC2C[C@@H]2C)n(Cc2ccnc3[nH]ccc23)n1. The second-order valence-corrected chi connectivity index (χ2v) is 6.65. The lowest BCUT2D eigenvalue weighted by molar-refractivity contribution is 0.0936. The van der Waals surface area contributed by atoms with Crippen molar-refractivity contribution in [3.05, 3.63) is 47.5 Å². The molecule has 0 bridgehead atoms. The number of rotatable bonds is 5. The monoisotopic (exact) mass is 352 g/mol. The molecule has 1 aliphatic rings. The summed E-state index contributed by atoms with van der Waals surface area (Å²) in [5, 5.41) is 10.9. The van der Waals surface area contributed by atoms with Gasteiger partial charge in [-0.25, -0.2) is 4.98 Å². The zero-order valence-electron chi connectivity index (χ0n) is 14.6. The van der Waals surface area contributed by atoms with Crippen molar-refractivity contribution in [2.24, 2.45) is 5.92 Å². The fourth-order valence-electron chi connectivity index (χ4n) is 3.04. The van der Waals surface area contributed by atoms with E-state index in [1.165, 1.54) is 6.07 Å². The van der Waals surface area contributed by atoms with Crippen LogP contribution in [0.5, 0.6) is 0 Å². The highest BCUT2D eigenvalue weighted by Crippen LogP contribution is 2.29. The number of aromatic amines is 1. The van der Waals surface area contributed by atoms with Gasteiger partial charge < -0.3 is 15.6 Å². The summed E-state index contributed by atoms with van der Waals surface area (Å²) in [6, 6.07) is 5.57. The highest BCUT2D eigenvalue weighted by Gasteiger charge is 2.35. The van der Waals surface area contributed by atoms with Gasteiger partial charge in [0.1, 0.15) is 11.3 Å². The van der Waals surface area contributed by atoms with Gasteiger partial charge in [-0.15, -0.1) is 0 Å². The number of carbonyl (C=O) groups excluding carboxylic acids is 2. The number of pyridine rings is 1. The van der Waals surface area contributed by atoms with Crippen molar-refractivity contribution in [1.82, 2.24) is 30.4 Å². The fourth-order valence-corrected chi connectivity index (χ4v) is 3.04. The third-order valence-electron chi connectivity index (χ3n) is 4.77. The maximum atomic E-state index is 12.7. The third kappa shape index (κ3) is 2.94. The highest BCUT2D eigenvalue weighted by atomic mass is 16.2. The first-order valence-electron chi connectivity index (χ1n) is 8.58. The number of hydrogen-bond acceptors (Lipinski definition) is 4. The Hall–Kier alpha value is -3.16. The van der Waals surface area contributed by atoms with E-state index in [-0.39, 0.29) is 23.6 Å². The molecule has 0 aromatic carbocycles. The molecule has 3 aromatic rings. The van der Waals surface area contributed by atoms with Crippen LogP contribution < -0.4 is 10.6 Å². The summed E-state index contributed by atoms with van der Waals surface area (Å²) >= 11 is 0. The Labute approximate surface area is 150 Å². The van der Waals surface area contributed by atoms with Gasteiger partial charge in [0.05, 0.1) is 6.54 Å². The average molecular weight is 352 g/mol. The second kappa shape index (κ2) is 6.29. The summed E-state index contributed by atoms with van der Waals surface area (Å²) in [6.45, 7) is 2.47. The van der Waals surface area contributed by atoms with E-state index in [0.29, 0.717) is 18.2 Å². The average Bonchev–Trinajstić information content (AvgIpc) is 3.06. The largest absolute Gasteiger partial charge is 0.354 e. The van der Waals surface area contributed by atoms with E-state index in [9.17, 15) is 9.59 Å². The quantitative estimate of drug-likeness (QED) is 0.644. The molecule has 3 N–H and O–H groups in total. The molecule has 2 atom stereocenters. The van der Waals surface area contributed by atoms with E-state index >= 15 is 0 Å². The number of aromatic nitrogens is 4. The summed E-state index contributed by atoms with van der Waals surface area (Å²) in [6.07, 6.45) is 4.52. The van der Waals surface area contributed by atoms with Crippen LogP contribution in [0.2, 0.25) is 0 Å². The summed E-state index contributed by atoms with van der Waals surface area (Å²) < 4.78 is 1.58. The minimum Gasteiger partial charge on any atom is -0.354 e. The number of fused-ring (bicyclic) bond motifs is 1. The molecular formula is C18H20N6O2. The van der Waals surface area contributed by atoms with Gasteiger partial charge in [0.25, 0.3) is 11.8 Å². The molecule has 3 aromatic heterocycles. The van der Waals surface area contributed by atoms with Crippen molar-refractivity contribution in [2.45, 2.75) is 25.9 Å². The molecule has 1 unspecified atom stereocenters. The maximum absolute atomic E-state index is 12.7. The zero-order chi connectivity index (χ0) is 18.3. The Balaban J connectivity index is 1.69. The van der Waals surface area contributed by atoms with Crippen LogP contribution in [-0.4, -0.2) is 44.7 Å². The molecule has 0 spiro atoms. The van der Waals surface area contributed by atoms with Crippen LogP contribution in [-0.2, 0) is 6.54 Å². The van der Waals surface area contributed by atoms with Crippen molar-refractivity contribution >= 4 is 22.8 Å². The van der Waals surface area contributed by atoms with E-state index in [0.717, 1.165) is 23.0 Å². The Bertz CT molecular complexity index is 989. The predicted molar refractivity (Wildman–Crippen MR) is 95.8 cm³/mol. The normalized spacial score (nSPS) is 18.7. The van der Waals surface area contributed by atoms with Gasteiger partial charge in [-0.2, -0.15) is 5.10 Å². The van der Waals surface area contributed by atoms with Gasteiger partial charge in [0.2, 0.25) is 0 Å². The summed E-state index contributed by atoms with van der Waals surface area (Å²) in [5.41, 5.74) is 2.35. The van der Waals surface area contributed by atoms with E-state index in [2.05, 4.69) is 32.6 Å². The van der Waals surface area contributed by atoms with Gasteiger partial charge >= 0.3 is 0 Å². The van der Waals surface area contributed by atoms with Crippen molar-refractivity contribution < 1.29 is 9.59 Å². The molecule has 4 rings (SSSR count). The van der Waals surface area contributed by atoms with Crippen LogP contribution in [0.4, 0.5) is 0 Å². The first-order chi connectivity index (χ1) is 12.6. The lowest BCUT2D eigenvalue weighted by atomic mass is 10.2. The highest BCUT2D eigenvalue weighted by molar-refractivity contribution is 5.98. The van der Waals surface area contributed by atoms with Gasteiger partial charge in [0.15, 0.2) is 5.69 Å². The van der Waals surface area contributed by atoms with E-state index in [1.807, 2.05) is 18.3 Å². The van der Waals surface area contributed by atoms with Crippen LogP contribution in [0.3, 0.4) is 0 Å². The minimum absolute atomic E-state index is 0.201. The van der Waals surface area contributed by atoms with Crippen LogP contribution in [0.15, 0.2) is 30.6 Å². The lowest BCUT2D eigenvalue weighted by Crippen LogP contribution is -2.29. The van der Waals surface area contributed by atoms with Crippen LogP contribution in [0.1, 0.15) is 39.9 Å². The number of H-pyrrole nitrogens is 1. The number of nitrogens with zero attached hydrogens (tertiary/aromatic N) is 3. The summed E-state index contributed by atoms with van der Waals surface area (Å²) in [5.74, 6) is -0.0334. The van der Waals surface area contributed by atoms with Gasteiger partial charge in [0, 0.05) is 36.9 Å². The van der Waals surface area contributed by atoms with E-state index in [1.54, 1.807) is 17.9 Å². The smallest absolute Gasteiger partial charge is 0.271 e. The summed E-state index contributed by atoms with van der Waals surface area (Å²) in [4.78, 5) is 32.0. The third-order valence-corrected chi connectivity index (χ3v) is 4.77. The molecule has 26 heavy (non-hydrogen) atoms. The van der Waals surface area contributed by atoms with E-state index in [4.69, 9.17) is 0 Å². The standard InChI is InChI=1S/C18H20N6O2/c1-10-7-13(10)22-18(26)15-8-14(17(25)19-2)23-24(15)9-11-3-5-20-16-12(11)4-6-21-16/h3-6,8,10,13H,7,9H2,1-2H3,(H,19,25)(H,20,21)(H,22,26)/t10-,13?/m0/s1. The first kappa shape index (κ1) is 16.3. The van der Waals surface area contributed by atoms with Crippen LogP contribution in [0.25, 0.3) is 11.0 Å². The van der Waals surface area contributed by atoms with E-state index < -0.39 is 0 Å².